The lowest BCUT2D eigenvalue weighted by Crippen LogP contribution is -2.20. The summed E-state index contributed by atoms with van der Waals surface area (Å²) in [5.41, 5.74) is 3.13. The van der Waals surface area contributed by atoms with E-state index < -0.39 is 0 Å². The van der Waals surface area contributed by atoms with Gasteiger partial charge in [0.2, 0.25) is 5.91 Å². The number of anilines is 1. The van der Waals surface area contributed by atoms with E-state index in [-0.39, 0.29) is 18.4 Å². The Morgan fingerprint density at radius 1 is 1.25 bits per heavy atom. The van der Waals surface area contributed by atoms with Crippen molar-refractivity contribution in [3.05, 3.63) is 52.8 Å². The summed E-state index contributed by atoms with van der Waals surface area (Å²) >= 11 is 0. The molecule has 0 saturated heterocycles. The van der Waals surface area contributed by atoms with E-state index in [1.165, 1.54) is 0 Å². The Bertz CT molecular complexity index is 798. The number of nitrogens with one attached hydrogen (secondary N) is 1. The Hall–Kier alpha value is -3.07. The van der Waals surface area contributed by atoms with Crippen molar-refractivity contribution in [2.75, 3.05) is 11.9 Å². The highest BCUT2D eigenvalue weighted by Crippen LogP contribution is 2.17. The van der Waals surface area contributed by atoms with Crippen LogP contribution in [-0.2, 0) is 16.1 Å². The molecule has 0 radical (unpaired) electrons. The average molecular weight is 325 g/mol. The van der Waals surface area contributed by atoms with Crippen LogP contribution in [0.5, 0.6) is 0 Å². The van der Waals surface area contributed by atoms with E-state index in [0.29, 0.717) is 29.1 Å². The summed E-state index contributed by atoms with van der Waals surface area (Å²) in [5, 5.41) is 11.5. The van der Waals surface area contributed by atoms with Gasteiger partial charge in [-0.05, 0) is 51.1 Å². The number of aryl methyl sites for hydroxylation is 1. The van der Waals surface area contributed by atoms with Crippen LogP contribution in [0.25, 0.3) is 0 Å². The largest absolute Gasteiger partial charge is 0.462 e. The molecule has 124 valence electrons. The lowest BCUT2D eigenvalue weighted by Gasteiger charge is -2.10. The minimum Gasteiger partial charge on any atom is -0.462 e. The third kappa shape index (κ3) is 3.82. The fourth-order valence-corrected chi connectivity index (χ4v) is 2.43. The van der Waals surface area contributed by atoms with Crippen LogP contribution in [-0.4, -0.2) is 23.1 Å². The Morgan fingerprint density at radius 2 is 1.92 bits per heavy atom. The van der Waals surface area contributed by atoms with Gasteiger partial charge in [-0.2, -0.15) is 5.26 Å². The lowest BCUT2D eigenvalue weighted by atomic mass is 10.2. The molecule has 2 aromatic rings. The Kier molecular flexibility index (Phi) is 5.38. The normalized spacial score (nSPS) is 10.1. The molecule has 1 N–H and O–H groups in total. The smallest absolute Gasteiger partial charge is 0.339 e. The molecule has 0 saturated carbocycles. The van der Waals surface area contributed by atoms with Crippen LogP contribution in [0.4, 0.5) is 5.69 Å². The molecule has 1 amide bonds. The standard InChI is InChI=1S/C18H19N3O3/c1-4-24-18(23)16-9-12(2)21(13(16)3)11-17(22)20-15-7-5-14(10-19)6-8-15/h5-9H,4,11H2,1-3H3,(H,20,22). The molecule has 6 nitrogen and oxygen atoms in total. The number of carbonyl (C=O) groups is 2. The number of aromatic nitrogens is 1. The third-order valence-corrected chi connectivity index (χ3v) is 3.67. The van der Waals surface area contributed by atoms with Gasteiger partial charge in [-0.25, -0.2) is 4.79 Å². The fraction of sp³-hybridized carbons (Fsp3) is 0.278. The van der Waals surface area contributed by atoms with Crippen LogP contribution in [0.15, 0.2) is 30.3 Å². The minimum atomic E-state index is -0.385. The first-order valence-corrected chi connectivity index (χ1v) is 7.60. The molecule has 2 rings (SSSR count). The number of benzene rings is 1. The number of amides is 1. The second-order valence-electron chi connectivity index (χ2n) is 5.33. The van der Waals surface area contributed by atoms with Crippen molar-refractivity contribution in [3.63, 3.8) is 0 Å². The molecule has 0 aliphatic heterocycles. The van der Waals surface area contributed by atoms with Crippen LogP contribution >= 0.6 is 0 Å². The van der Waals surface area contributed by atoms with Gasteiger partial charge in [0.25, 0.3) is 0 Å². The van der Waals surface area contributed by atoms with Gasteiger partial charge in [0.05, 0.1) is 23.8 Å². The van der Waals surface area contributed by atoms with Gasteiger partial charge in [-0.1, -0.05) is 0 Å². The molecule has 1 aromatic carbocycles. The van der Waals surface area contributed by atoms with Gasteiger partial charge >= 0.3 is 5.97 Å². The zero-order chi connectivity index (χ0) is 17.7. The van der Waals surface area contributed by atoms with Crippen LogP contribution < -0.4 is 5.32 Å². The molecule has 0 unspecified atom stereocenters. The maximum Gasteiger partial charge on any atom is 0.339 e. The molecule has 0 atom stereocenters. The Balaban J connectivity index is 2.11. The number of hydrogen-bond acceptors (Lipinski definition) is 4. The summed E-state index contributed by atoms with van der Waals surface area (Å²) in [5.74, 6) is -0.596. The second-order valence-corrected chi connectivity index (χ2v) is 5.33. The van der Waals surface area contributed by atoms with Gasteiger partial charge in [-0.3, -0.25) is 4.79 Å². The zero-order valence-corrected chi connectivity index (χ0v) is 13.9. The van der Waals surface area contributed by atoms with Crippen molar-refractivity contribution in [3.8, 4) is 6.07 Å². The van der Waals surface area contributed by atoms with Crippen molar-refractivity contribution in [1.82, 2.24) is 4.57 Å². The van der Waals surface area contributed by atoms with Crippen molar-refractivity contribution >= 4 is 17.6 Å². The van der Waals surface area contributed by atoms with E-state index in [9.17, 15) is 9.59 Å². The highest BCUT2D eigenvalue weighted by molar-refractivity contribution is 5.93. The first-order valence-electron chi connectivity index (χ1n) is 7.60. The van der Waals surface area contributed by atoms with Crippen molar-refractivity contribution < 1.29 is 14.3 Å². The highest BCUT2D eigenvalue weighted by atomic mass is 16.5. The quantitative estimate of drug-likeness (QED) is 0.857. The second kappa shape index (κ2) is 7.47. The van der Waals surface area contributed by atoms with Crippen LogP contribution in [0, 0.1) is 25.2 Å². The first kappa shape index (κ1) is 17.3. The number of nitriles is 1. The molecule has 0 aliphatic carbocycles. The van der Waals surface area contributed by atoms with Crippen LogP contribution in [0.2, 0.25) is 0 Å². The average Bonchev–Trinajstić information content (AvgIpc) is 2.84. The van der Waals surface area contributed by atoms with Crippen molar-refractivity contribution in [2.24, 2.45) is 0 Å². The lowest BCUT2D eigenvalue weighted by molar-refractivity contribution is -0.116. The molecule has 0 spiro atoms. The Morgan fingerprint density at radius 3 is 2.50 bits per heavy atom. The maximum atomic E-state index is 12.2. The number of rotatable bonds is 5. The van der Waals surface area contributed by atoms with Gasteiger partial charge in [-0.15, -0.1) is 0 Å². The van der Waals surface area contributed by atoms with E-state index in [2.05, 4.69) is 5.32 Å². The van der Waals surface area contributed by atoms with E-state index in [1.807, 2.05) is 13.0 Å². The van der Waals surface area contributed by atoms with E-state index in [1.54, 1.807) is 48.7 Å². The molecular weight excluding hydrogens is 306 g/mol. The van der Waals surface area contributed by atoms with E-state index in [4.69, 9.17) is 10.00 Å². The monoisotopic (exact) mass is 325 g/mol. The highest BCUT2D eigenvalue weighted by Gasteiger charge is 2.18. The topological polar surface area (TPSA) is 84.1 Å². The maximum absolute atomic E-state index is 12.2. The molecule has 1 heterocycles. The van der Waals surface area contributed by atoms with Gasteiger partial charge in [0.1, 0.15) is 6.54 Å². The number of esters is 1. The molecule has 24 heavy (non-hydrogen) atoms. The molecular formula is C18H19N3O3. The van der Waals surface area contributed by atoms with Crippen LogP contribution in [0.1, 0.15) is 34.2 Å². The van der Waals surface area contributed by atoms with Crippen LogP contribution in [0.3, 0.4) is 0 Å². The van der Waals surface area contributed by atoms with Gasteiger partial charge in [0, 0.05) is 17.1 Å². The molecule has 6 heteroatoms. The molecule has 0 aliphatic rings. The van der Waals surface area contributed by atoms with Crippen molar-refractivity contribution in [1.29, 1.82) is 5.26 Å². The predicted octanol–water partition coefficient (Wildman–Crippen LogP) is 2.79. The fourth-order valence-electron chi connectivity index (χ4n) is 2.43. The van der Waals surface area contributed by atoms with E-state index in [0.717, 1.165) is 5.69 Å². The number of nitrogens with zero attached hydrogens (tertiary/aromatic N) is 2. The molecule has 1 aromatic heterocycles. The first-order chi connectivity index (χ1) is 11.5. The minimum absolute atomic E-state index is 0.0943. The van der Waals surface area contributed by atoms with Gasteiger partial charge < -0.3 is 14.6 Å². The predicted molar refractivity (Wildman–Crippen MR) is 89.6 cm³/mol. The van der Waals surface area contributed by atoms with E-state index >= 15 is 0 Å². The number of hydrogen-bond donors (Lipinski definition) is 1. The molecule has 0 bridgehead atoms. The third-order valence-electron chi connectivity index (χ3n) is 3.67. The van der Waals surface area contributed by atoms with Gasteiger partial charge in [0.15, 0.2) is 0 Å². The van der Waals surface area contributed by atoms with Crippen molar-refractivity contribution in [2.45, 2.75) is 27.3 Å². The summed E-state index contributed by atoms with van der Waals surface area (Å²) in [6.45, 7) is 5.78. The summed E-state index contributed by atoms with van der Waals surface area (Å²) < 4.78 is 6.79. The number of ether oxygens (including phenoxy) is 1. The summed E-state index contributed by atoms with van der Waals surface area (Å²) in [4.78, 5) is 24.1. The summed E-state index contributed by atoms with van der Waals surface area (Å²) in [6.07, 6.45) is 0. The Labute approximate surface area is 140 Å². The summed E-state index contributed by atoms with van der Waals surface area (Å²) in [6, 6.07) is 10.4. The number of carbonyl (C=O) groups excluding carboxylic acids is 2. The molecule has 0 fully saturated rings. The SMILES string of the molecule is CCOC(=O)c1cc(C)n(CC(=O)Nc2ccc(C#N)cc2)c1C. The zero-order valence-electron chi connectivity index (χ0n) is 13.9. The summed E-state index contributed by atoms with van der Waals surface area (Å²) in [7, 11) is 0.